The molecule has 15 heavy (non-hydrogen) atoms. The number of rotatable bonds is 3. The van der Waals surface area contributed by atoms with Gasteiger partial charge in [0.1, 0.15) is 0 Å². The molecule has 1 saturated heterocycles. The summed E-state index contributed by atoms with van der Waals surface area (Å²) >= 11 is 0. The molecule has 0 aromatic heterocycles. The lowest BCUT2D eigenvalue weighted by molar-refractivity contribution is -0.173. The van der Waals surface area contributed by atoms with E-state index in [9.17, 15) is 18.0 Å². The molecule has 0 aromatic rings. The summed E-state index contributed by atoms with van der Waals surface area (Å²) in [6.07, 6.45) is -4.77. The number of halogens is 3. The molecule has 4 nitrogen and oxygen atoms in total. The van der Waals surface area contributed by atoms with Crippen molar-refractivity contribution in [2.75, 3.05) is 39.3 Å². The van der Waals surface area contributed by atoms with E-state index in [0.717, 1.165) is 26.2 Å². The highest BCUT2D eigenvalue weighted by Gasteiger charge is 2.38. The Morgan fingerprint density at radius 3 is 2.47 bits per heavy atom. The van der Waals surface area contributed by atoms with Crippen LogP contribution in [0.1, 0.15) is 0 Å². The van der Waals surface area contributed by atoms with Crippen LogP contribution in [0.3, 0.4) is 0 Å². The number of carbonyl (C=O) groups is 1. The van der Waals surface area contributed by atoms with Crippen LogP contribution in [0.4, 0.5) is 13.2 Å². The highest BCUT2D eigenvalue weighted by molar-refractivity contribution is 5.81. The first-order valence-corrected chi connectivity index (χ1v) is 4.78. The second kappa shape index (κ2) is 5.32. The van der Waals surface area contributed by atoms with E-state index >= 15 is 0 Å². The van der Waals surface area contributed by atoms with Gasteiger partial charge >= 0.3 is 12.1 Å². The minimum absolute atomic E-state index is 0.0400. The van der Waals surface area contributed by atoms with Gasteiger partial charge in [-0.2, -0.15) is 13.2 Å². The van der Waals surface area contributed by atoms with Crippen LogP contribution in [0.15, 0.2) is 0 Å². The van der Waals surface area contributed by atoms with E-state index in [0.29, 0.717) is 6.54 Å². The van der Waals surface area contributed by atoms with Gasteiger partial charge in [-0.25, -0.2) is 0 Å². The maximum absolute atomic E-state index is 11.8. The fraction of sp³-hybridized carbons (Fsp3) is 0.875. The Morgan fingerprint density at radius 2 is 1.93 bits per heavy atom. The largest absolute Gasteiger partial charge is 0.471 e. The van der Waals surface area contributed by atoms with E-state index < -0.39 is 12.1 Å². The van der Waals surface area contributed by atoms with Crippen LogP contribution >= 0.6 is 0 Å². The Hall–Kier alpha value is -0.820. The Labute approximate surface area is 85.8 Å². The van der Waals surface area contributed by atoms with Gasteiger partial charge in [-0.3, -0.25) is 9.69 Å². The third kappa shape index (κ3) is 4.48. The van der Waals surface area contributed by atoms with Crippen molar-refractivity contribution in [3.63, 3.8) is 0 Å². The van der Waals surface area contributed by atoms with E-state index in [1.54, 1.807) is 0 Å². The fourth-order valence-corrected chi connectivity index (χ4v) is 1.36. The van der Waals surface area contributed by atoms with Crippen LogP contribution in [0, 0.1) is 0 Å². The zero-order valence-corrected chi connectivity index (χ0v) is 8.23. The van der Waals surface area contributed by atoms with Gasteiger partial charge in [0.05, 0.1) is 0 Å². The summed E-state index contributed by atoms with van der Waals surface area (Å²) in [5, 5.41) is 4.97. The van der Waals surface area contributed by atoms with E-state index in [4.69, 9.17) is 0 Å². The van der Waals surface area contributed by atoms with Crippen molar-refractivity contribution in [2.45, 2.75) is 6.18 Å². The molecule has 7 heteroatoms. The van der Waals surface area contributed by atoms with E-state index in [-0.39, 0.29) is 6.54 Å². The maximum atomic E-state index is 11.8. The number of amides is 1. The van der Waals surface area contributed by atoms with Crippen LogP contribution < -0.4 is 10.6 Å². The first kappa shape index (κ1) is 12.3. The number of piperazine rings is 1. The van der Waals surface area contributed by atoms with Crippen molar-refractivity contribution in [3.05, 3.63) is 0 Å². The van der Waals surface area contributed by atoms with Gasteiger partial charge < -0.3 is 10.6 Å². The second-order valence-electron chi connectivity index (χ2n) is 3.35. The van der Waals surface area contributed by atoms with Crippen molar-refractivity contribution >= 4 is 5.91 Å². The molecule has 0 atom stereocenters. The van der Waals surface area contributed by atoms with Crippen molar-refractivity contribution < 1.29 is 18.0 Å². The highest BCUT2D eigenvalue weighted by atomic mass is 19.4. The fourth-order valence-electron chi connectivity index (χ4n) is 1.36. The third-order valence-corrected chi connectivity index (χ3v) is 2.18. The first-order chi connectivity index (χ1) is 7.00. The Morgan fingerprint density at radius 1 is 1.33 bits per heavy atom. The predicted molar refractivity (Wildman–Crippen MR) is 48.4 cm³/mol. The Kier molecular flexibility index (Phi) is 4.34. The van der Waals surface area contributed by atoms with Gasteiger partial charge in [-0.05, 0) is 0 Å². The number of carbonyl (C=O) groups excluding carboxylic acids is 1. The Balaban J connectivity index is 2.12. The highest BCUT2D eigenvalue weighted by Crippen LogP contribution is 2.13. The normalized spacial score (nSPS) is 18.9. The van der Waals surface area contributed by atoms with Crippen LogP contribution in [-0.2, 0) is 4.79 Å². The monoisotopic (exact) mass is 225 g/mol. The molecule has 88 valence electrons. The van der Waals surface area contributed by atoms with Crippen molar-refractivity contribution in [1.29, 1.82) is 0 Å². The molecule has 1 rings (SSSR count). The van der Waals surface area contributed by atoms with Gasteiger partial charge in [0.2, 0.25) is 0 Å². The van der Waals surface area contributed by atoms with Gasteiger partial charge in [-0.15, -0.1) is 0 Å². The van der Waals surface area contributed by atoms with Crippen LogP contribution in [-0.4, -0.2) is 56.3 Å². The van der Waals surface area contributed by atoms with Gasteiger partial charge in [-0.1, -0.05) is 0 Å². The molecule has 2 N–H and O–H groups in total. The van der Waals surface area contributed by atoms with Crippen LogP contribution in [0.5, 0.6) is 0 Å². The molecular formula is C8H14F3N3O. The molecule has 0 bridgehead atoms. The smallest absolute Gasteiger partial charge is 0.347 e. The van der Waals surface area contributed by atoms with Gasteiger partial charge in [0, 0.05) is 39.3 Å². The summed E-state index contributed by atoms with van der Waals surface area (Å²) in [6.45, 7) is 3.80. The zero-order valence-electron chi connectivity index (χ0n) is 8.23. The quantitative estimate of drug-likeness (QED) is 0.685. The molecular weight excluding hydrogens is 211 g/mol. The lowest BCUT2D eigenvalue weighted by atomic mass is 10.3. The molecule has 1 aliphatic heterocycles. The van der Waals surface area contributed by atoms with Crippen LogP contribution in [0.25, 0.3) is 0 Å². The van der Waals surface area contributed by atoms with Crippen molar-refractivity contribution in [2.24, 2.45) is 0 Å². The molecule has 0 unspecified atom stereocenters. The number of nitrogens with zero attached hydrogens (tertiary/aromatic N) is 1. The zero-order chi connectivity index (χ0) is 11.3. The summed E-state index contributed by atoms with van der Waals surface area (Å²) in [5.41, 5.74) is 0. The molecule has 1 fully saturated rings. The summed E-state index contributed by atoms with van der Waals surface area (Å²) in [7, 11) is 0. The summed E-state index contributed by atoms with van der Waals surface area (Å²) in [5.74, 6) is -1.86. The maximum Gasteiger partial charge on any atom is 0.471 e. The standard InChI is InChI=1S/C8H14F3N3O/c9-8(10,11)7(15)13-3-6-14-4-1-12-2-5-14/h12H,1-6H2,(H,13,15). The number of nitrogens with one attached hydrogen (secondary N) is 2. The Bertz CT molecular complexity index is 214. The lowest BCUT2D eigenvalue weighted by Gasteiger charge is -2.27. The molecule has 1 heterocycles. The SMILES string of the molecule is O=C(NCCN1CCNCC1)C(F)(F)F. The summed E-state index contributed by atoms with van der Waals surface area (Å²) < 4.78 is 35.3. The number of alkyl halides is 3. The van der Waals surface area contributed by atoms with Crippen molar-refractivity contribution in [3.8, 4) is 0 Å². The number of hydrogen-bond donors (Lipinski definition) is 2. The lowest BCUT2D eigenvalue weighted by Crippen LogP contribution is -2.47. The molecule has 0 aromatic carbocycles. The summed E-state index contributed by atoms with van der Waals surface area (Å²) in [6, 6.07) is 0. The number of hydrogen-bond acceptors (Lipinski definition) is 3. The third-order valence-electron chi connectivity index (χ3n) is 2.18. The average Bonchev–Trinajstić information content (AvgIpc) is 2.18. The molecule has 0 spiro atoms. The predicted octanol–water partition coefficient (Wildman–Crippen LogP) is -0.430. The molecule has 1 amide bonds. The van der Waals surface area contributed by atoms with Crippen LogP contribution in [0.2, 0.25) is 0 Å². The van der Waals surface area contributed by atoms with E-state index in [2.05, 4.69) is 5.32 Å². The van der Waals surface area contributed by atoms with Gasteiger partial charge in [0.15, 0.2) is 0 Å². The first-order valence-electron chi connectivity index (χ1n) is 4.78. The van der Waals surface area contributed by atoms with Gasteiger partial charge in [0.25, 0.3) is 0 Å². The van der Waals surface area contributed by atoms with E-state index in [1.165, 1.54) is 0 Å². The molecule has 0 aliphatic carbocycles. The molecule has 0 radical (unpaired) electrons. The van der Waals surface area contributed by atoms with E-state index in [1.807, 2.05) is 10.2 Å². The topological polar surface area (TPSA) is 44.4 Å². The second-order valence-corrected chi connectivity index (χ2v) is 3.35. The minimum Gasteiger partial charge on any atom is -0.347 e. The molecule has 1 aliphatic rings. The summed E-state index contributed by atoms with van der Waals surface area (Å²) in [4.78, 5) is 12.4. The molecule has 0 saturated carbocycles. The van der Waals surface area contributed by atoms with Crippen molar-refractivity contribution in [1.82, 2.24) is 15.5 Å². The minimum atomic E-state index is -4.77. The average molecular weight is 225 g/mol.